The molecule has 20 heavy (non-hydrogen) atoms. The van der Waals surface area contributed by atoms with E-state index >= 15 is 0 Å². The molecule has 2 nitrogen and oxygen atoms in total. The van der Waals surface area contributed by atoms with E-state index in [0.29, 0.717) is 6.54 Å². The smallest absolute Gasteiger partial charge is 0.123 e. The lowest BCUT2D eigenvalue weighted by molar-refractivity contribution is 0.615. The van der Waals surface area contributed by atoms with Crippen LogP contribution in [0.3, 0.4) is 0 Å². The van der Waals surface area contributed by atoms with Gasteiger partial charge >= 0.3 is 0 Å². The van der Waals surface area contributed by atoms with Gasteiger partial charge in [-0.25, -0.2) is 4.39 Å². The van der Waals surface area contributed by atoms with Crippen molar-refractivity contribution in [1.29, 1.82) is 0 Å². The lowest BCUT2D eigenvalue weighted by Crippen LogP contribution is -2.23. The second-order valence-electron chi connectivity index (χ2n) is 4.92. The summed E-state index contributed by atoms with van der Waals surface area (Å²) < 4.78 is 13.0. The Morgan fingerprint density at radius 1 is 1.05 bits per heavy atom. The van der Waals surface area contributed by atoms with Crippen LogP contribution < -0.4 is 10.2 Å². The molecule has 0 bridgehead atoms. The van der Waals surface area contributed by atoms with Crippen LogP contribution in [0.5, 0.6) is 0 Å². The van der Waals surface area contributed by atoms with Crippen LogP contribution in [-0.4, -0.2) is 20.1 Å². The van der Waals surface area contributed by atoms with Crippen LogP contribution in [0.15, 0.2) is 54.6 Å². The van der Waals surface area contributed by atoms with Crippen molar-refractivity contribution in [2.24, 2.45) is 0 Å². The maximum atomic E-state index is 13.0. The molecule has 1 N–H and O–H groups in total. The van der Waals surface area contributed by atoms with E-state index in [-0.39, 0.29) is 5.82 Å². The van der Waals surface area contributed by atoms with Gasteiger partial charge in [0.25, 0.3) is 0 Å². The predicted molar refractivity (Wildman–Crippen MR) is 82.4 cm³/mol. The molecule has 0 aliphatic carbocycles. The molecular formula is C17H21FN2. The Morgan fingerprint density at radius 3 is 2.60 bits per heavy atom. The number of para-hydroxylation sites is 1. The number of nitrogens with zero attached hydrogens (tertiary/aromatic N) is 1. The highest BCUT2D eigenvalue weighted by molar-refractivity contribution is 5.44. The molecule has 0 aliphatic rings. The average molecular weight is 272 g/mol. The standard InChI is InChI=1S/C17H21FN2/c1-20(17-9-3-2-4-10-17)12-6-11-19-14-15-7-5-8-16(18)13-15/h2-5,7-10,13,19H,6,11-12,14H2,1H3. The fraction of sp³-hybridized carbons (Fsp3) is 0.294. The highest BCUT2D eigenvalue weighted by Gasteiger charge is 1.99. The molecule has 0 aromatic heterocycles. The van der Waals surface area contributed by atoms with Gasteiger partial charge in [-0.3, -0.25) is 0 Å². The summed E-state index contributed by atoms with van der Waals surface area (Å²) in [5.74, 6) is -0.173. The molecule has 2 aromatic rings. The molecule has 0 radical (unpaired) electrons. The van der Waals surface area contributed by atoms with E-state index in [4.69, 9.17) is 0 Å². The Hall–Kier alpha value is -1.87. The largest absolute Gasteiger partial charge is 0.375 e. The minimum absolute atomic E-state index is 0.173. The van der Waals surface area contributed by atoms with E-state index in [1.165, 1.54) is 11.8 Å². The van der Waals surface area contributed by atoms with Crippen molar-refractivity contribution >= 4 is 5.69 Å². The number of nitrogens with one attached hydrogen (secondary N) is 1. The molecule has 0 saturated carbocycles. The number of rotatable bonds is 7. The van der Waals surface area contributed by atoms with Crippen LogP contribution in [0.4, 0.5) is 10.1 Å². The van der Waals surface area contributed by atoms with Crippen molar-refractivity contribution in [1.82, 2.24) is 5.32 Å². The molecule has 0 saturated heterocycles. The molecule has 0 atom stereocenters. The summed E-state index contributed by atoms with van der Waals surface area (Å²) >= 11 is 0. The van der Waals surface area contributed by atoms with Crippen LogP contribution in [0, 0.1) is 5.82 Å². The van der Waals surface area contributed by atoms with Crippen LogP contribution in [0.25, 0.3) is 0 Å². The van der Waals surface area contributed by atoms with E-state index in [1.807, 2.05) is 24.3 Å². The number of benzene rings is 2. The van der Waals surface area contributed by atoms with Gasteiger partial charge in [-0.1, -0.05) is 30.3 Å². The quantitative estimate of drug-likeness (QED) is 0.777. The molecular weight excluding hydrogens is 251 g/mol. The van der Waals surface area contributed by atoms with Gasteiger partial charge in [-0.05, 0) is 42.8 Å². The summed E-state index contributed by atoms with van der Waals surface area (Å²) in [6.07, 6.45) is 1.06. The molecule has 106 valence electrons. The summed E-state index contributed by atoms with van der Waals surface area (Å²) in [4.78, 5) is 2.24. The fourth-order valence-corrected chi connectivity index (χ4v) is 2.13. The fourth-order valence-electron chi connectivity index (χ4n) is 2.13. The molecule has 0 fully saturated rings. The SMILES string of the molecule is CN(CCCNCc1cccc(F)c1)c1ccccc1. The van der Waals surface area contributed by atoms with Crippen molar-refractivity contribution in [3.63, 3.8) is 0 Å². The van der Waals surface area contributed by atoms with E-state index in [1.54, 1.807) is 12.1 Å². The number of anilines is 1. The minimum Gasteiger partial charge on any atom is -0.375 e. The number of halogens is 1. The zero-order chi connectivity index (χ0) is 14.2. The van der Waals surface area contributed by atoms with Crippen LogP contribution >= 0.6 is 0 Å². The monoisotopic (exact) mass is 272 g/mol. The first-order valence-corrected chi connectivity index (χ1v) is 6.97. The minimum atomic E-state index is -0.173. The lowest BCUT2D eigenvalue weighted by atomic mass is 10.2. The topological polar surface area (TPSA) is 15.3 Å². The molecule has 0 amide bonds. The Labute approximate surface area is 120 Å². The zero-order valence-corrected chi connectivity index (χ0v) is 11.8. The maximum absolute atomic E-state index is 13.0. The van der Waals surface area contributed by atoms with Gasteiger partial charge in [0.15, 0.2) is 0 Å². The summed E-state index contributed by atoms with van der Waals surface area (Å²) in [6.45, 7) is 2.64. The highest BCUT2D eigenvalue weighted by Crippen LogP contribution is 2.10. The Bertz CT molecular complexity index is 513. The van der Waals surface area contributed by atoms with Crippen molar-refractivity contribution in [2.45, 2.75) is 13.0 Å². The van der Waals surface area contributed by atoms with Gasteiger partial charge < -0.3 is 10.2 Å². The summed E-state index contributed by atoms with van der Waals surface area (Å²) in [7, 11) is 2.10. The molecule has 0 aliphatic heterocycles. The molecule has 0 unspecified atom stereocenters. The van der Waals surface area contributed by atoms with Gasteiger partial charge in [0.1, 0.15) is 5.82 Å². The molecule has 0 spiro atoms. The Balaban J connectivity index is 1.64. The normalized spacial score (nSPS) is 10.5. The first-order chi connectivity index (χ1) is 9.75. The van der Waals surface area contributed by atoms with Crippen LogP contribution in [0.1, 0.15) is 12.0 Å². The Morgan fingerprint density at radius 2 is 1.85 bits per heavy atom. The third kappa shape index (κ3) is 4.67. The summed E-state index contributed by atoms with van der Waals surface area (Å²) in [6, 6.07) is 17.1. The van der Waals surface area contributed by atoms with Crippen molar-refractivity contribution in [3.05, 3.63) is 66.0 Å². The highest BCUT2D eigenvalue weighted by atomic mass is 19.1. The predicted octanol–water partition coefficient (Wildman–Crippen LogP) is 3.44. The molecule has 2 aromatic carbocycles. The first-order valence-electron chi connectivity index (χ1n) is 6.97. The first kappa shape index (κ1) is 14.5. The molecule has 0 heterocycles. The second-order valence-corrected chi connectivity index (χ2v) is 4.92. The van der Waals surface area contributed by atoms with Crippen LogP contribution in [0.2, 0.25) is 0 Å². The summed E-state index contributed by atoms with van der Waals surface area (Å²) in [5, 5.41) is 3.34. The lowest BCUT2D eigenvalue weighted by Gasteiger charge is -2.19. The van der Waals surface area contributed by atoms with Gasteiger partial charge in [0, 0.05) is 25.8 Å². The second kappa shape index (κ2) is 7.65. The van der Waals surface area contributed by atoms with E-state index < -0.39 is 0 Å². The average Bonchev–Trinajstić information content (AvgIpc) is 2.48. The molecule has 2 rings (SSSR count). The van der Waals surface area contributed by atoms with E-state index in [0.717, 1.165) is 25.1 Å². The van der Waals surface area contributed by atoms with Gasteiger partial charge in [0.2, 0.25) is 0 Å². The van der Waals surface area contributed by atoms with E-state index in [2.05, 4.69) is 29.4 Å². The van der Waals surface area contributed by atoms with Crippen molar-refractivity contribution in [2.75, 3.05) is 25.0 Å². The van der Waals surface area contributed by atoms with Crippen molar-refractivity contribution in [3.8, 4) is 0 Å². The Kier molecular flexibility index (Phi) is 5.56. The number of hydrogen-bond donors (Lipinski definition) is 1. The number of hydrogen-bond acceptors (Lipinski definition) is 2. The third-order valence-corrected chi connectivity index (χ3v) is 3.26. The van der Waals surface area contributed by atoms with Gasteiger partial charge in [0.05, 0.1) is 0 Å². The molecule has 3 heteroatoms. The van der Waals surface area contributed by atoms with Gasteiger partial charge in [-0.2, -0.15) is 0 Å². The van der Waals surface area contributed by atoms with Crippen molar-refractivity contribution < 1.29 is 4.39 Å². The zero-order valence-electron chi connectivity index (χ0n) is 11.8. The van der Waals surface area contributed by atoms with E-state index in [9.17, 15) is 4.39 Å². The summed E-state index contributed by atoms with van der Waals surface area (Å²) in [5.41, 5.74) is 2.22. The van der Waals surface area contributed by atoms with Gasteiger partial charge in [-0.15, -0.1) is 0 Å². The maximum Gasteiger partial charge on any atom is 0.123 e. The third-order valence-electron chi connectivity index (χ3n) is 3.26. The van der Waals surface area contributed by atoms with Crippen LogP contribution in [-0.2, 0) is 6.54 Å².